The average molecular weight is 420 g/mol. The maximum absolute atomic E-state index is 12.8. The van der Waals surface area contributed by atoms with Crippen LogP contribution in [0.15, 0.2) is 40.0 Å². The summed E-state index contributed by atoms with van der Waals surface area (Å²) in [7, 11) is -2.09. The highest BCUT2D eigenvalue weighted by molar-refractivity contribution is 7.89. The van der Waals surface area contributed by atoms with Crippen LogP contribution >= 0.6 is 0 Å². The second-order valence-electron chi connectivity index (χ2n) is 7.15. The summed E-state index contributed by atoms with van der Waals surface area (Å²) in [5.41, 5.74) is -0.179. The van der Waals surface area contributed by atoms with E-state index in [9.17, 15) is 13.2 Å². The number of benzene rings is 1. The minimum atomic E-state index is -3.70. The lowest BCUT2D eigenvalue weighted by Crippen LogP contribution is -2.47. The van der Waals surface area contributed by atoms with Gasteiger partial charge < -0.3 is 14.4 Å². The number of fused-ring (bicyclic) bond motifs is 1. The fourth-order valence-corrected chi connectivity index (χ4v) is 4.73. The van der Waals surface area contributed by atoms with Gasteiger partial charge >= 0.3 is 0 Å². The number of hydrogen-bond donors (Lipinski definition) is 1. The molecule has 2 aliphatic rings. The second kappa shape index (κ2) is 8.03. The Balaban J connectivity index is 1.50. The lowest BCUT2D eigenvalue weighted by atomic mass is 10.0. The van der Waals surface area contributed by atoms with Crippen LogP contribution in [-0.4, -0.2) is 50.5 Å². The van der Waals surface area contributed by atoms with Crippen molar-refractivity contribution in [3.05, 3.63) is 40.7 Å². The molecule has 2 aliphatic heterocycles. The zero-order chi connectivity index (χ0) is 20.4. The first-order valence-corrected chi connectivity index (χ1v) is 11.1. The largest absolute Gasteiger partial charge is 0.486 e. The molecule has 0 radical (unpaired) electrons. The van der Waals surface area contributed by atoms with Crippen molar-refractivity contribution in [3.63, 3.8) is 0 Å². The first kappa shape index (κ1) is 19.7. The monoisotopic (exact) mass is 420 g/mol. The molecule has 0 amide bonds. The van der Waals surface area contributed by atoms with Crippen molar-refractivity contribution >= 4 is 15.8 Å². The molecule has 3 heterocycles. The number of anilines is 1. The summed E-state index contributed by atoms with van der Waals surface area (Å²) in [6.45, 7) is 1.87. The standard InChI is InChI=1S/C19H24N4O5S/c1-22-19(24)8-7-18(21-22)23-9-3-2-4-14(23)13-20-29(25,26)15-5-6-16-17(12-15)28-11-10-27-16/h5-8,12,14,20H,2-4,9-11,13H2,1H3. The number of hydrogen-bond acceptors (Lipinski definition) is 7. The van der Waals surface area contributed by atoms with Crippen molar-refractivity contribution < 1.29 is 17.9 Å². The average Bonchev–Trinajstić information content (AvgIpc) is 2.74. The van der Waals surface area contributed by atoms with Crippen molar-refractivity contribution in [1.29, 1.82) is 0 Å². The Morgan fingerprint density at radius 1 is 1.14 bits per heavy atom. The zero-order valence-electron chi connectivity index (χ0n) is 16.2. The number of nitrogens with zero attached hydrogens (tertiary/aromatic N) is 3. The highest BCUT2D eigenvalue weighted by Gasteiger charge is 2.27. The van der Waals surface area contributed by atoms with Gasteiger partial charge in [0, 0.05) is 38.3 Å². The van der Waals surface area contributed by atoms with Gasteiger partial charge in [-0.3, -0.25) is 4.79 Å². The SMILES string of the molecule is Cn1nc(N2CCCCC2CNS(=O)(=O)c2ccc3c(c2)OCCO3)ccc1=O. The van der Waals surface area contributed by atoms with Gasteiger partial charge in [-0.25, -0.2) is 17.8 Å². The summed E-state index contributed by atoms with van der Waals surface area (Å²) in [5.74, 6) is 1.66. The van der Waals surface area contributed by atoms with Crippen molar-refractivity contribution in [3.8, 4) is 11.5 Å². The first-order chi connectivity index (χ1) is 13.9. The van der Waals surface area contributed by atoms with Crippen LogP contribution in [0, 0.1) is 0 Å². The Morgan fingerprint density at radius 2 is 1.93 bits per heavy atom. The van der Waals surface area contributed by atoms with E-state index >= 15 is 0 Å². The van der Waals surface area contributed by atoms with Gasteiger partial charge in [-0.15, -0.1) is 0 Å². The van der Waals surface area contributed by atoms with Crippen LogP contribution in [0.4, 0.5) is 5.82 Å². The van der Waals surface area contributed by atoms with Crippen LogP contribution in [0.1, 0.15) is 19.3 Å². The van der Waals surface area contributed by atoms with Gasteiger partial charge in [0.05, 0.1) is 4.90 Å². The van der Waals surface area contributed by atoms with E-state index in [0.29, 0.717) is 30.5 Å². The van der Waals surface area contributed by atoms with Crippen molar-refractivity contribution in [2.24, 2.45) is 7.05 Å². The first-order valence-electron chi connectivity index (χ1n) is 9.64. The fourth-order valence-electron chi connectivity index (χ4n) is 3.64. The highest BCUT2D eigenvalue weighted by Crippen LogP contribution is 2.32. The van der Waals surface area contributed by atoms with Gasteiger partial charge in [-0.05, 0) is 37.5 Å². The molecule has 1 unspecified atom stereocenters. The lowest BCUT2D eigenvalue weighted by Gasteiger charge is -2.36. The number of ether oxygens (including phenoxy) is 2. The number of aryl methyl sites for hydroxylation is 1. The molecule has 0 saturated carbocycles. The number of rotatable bonds is 5. The predicted molar refractivity (Wildman–Crippen MR) is 107 cm³/mol. The van der Waals surface area contributed by atoms with Gasteiger partial charge in [0.25, 0.3) is 5.56 Å². The van der Waals surface area contributed by atoms with Gasteiger partial charge in [0.2, 0.25) is 10.0 Å². The van der Waals surface area contributed by atoms with Gasteiger partial charge in [0.1, 0.15) is 19.0 Å². The molecule has 1 atom stereocenters. The molecule has 10 heteroatoms. The van der Waals surface area contributed by atoms with Crippen LogP contribution < -0.4 is 24.7 Å². The molecule has 4 rings (SSSR count). The molecule has 29 heavy (non-hydrogen) atoms. The minimum Gasteiger partial charge on any atom is -0.486 e. The molecular weight excluding hydrogens is 396 g/mol. The second-order valence-corrected chi connectivity index (χ2v) is 8.92. The van der Waals surface area contributed by atoms with Gasteiger partial charge in [-0.1, -0.05) is 0 Å². The van der Waals surface area contributed by atoms with E-state index in [-0.39, 0.29) is 23.0 Å². The van der Waals surface area contributed by atoms with Crippen LogP contribution in [0.2, 0.25) is 0 Å². The summed E-state index contributed by atoms with van der Waals surface area (Å²) < 4.78 is 40.6. The fraction of sp³-hybridized carbons (Fsp3) is 0.474. The molecule has 0 spiro atoms. The van der Waals surface area contributed by atoms with Crippen LogP contribution in [-0.2, 0) is 17.1 Å². The lowest BCUT2D eigenvalue weighted by molar-refractivity contribution is 0.171. The molecule has 9 nitrogen and oxygen atoms in total. The van der Waals surface area contributed by atoms with Gasteiger partial charge in [0.15, 0.2) is 11.5 Å². The molecule has 1 aromatic heterocycles. The van der Waals surface area contributed by atoms with Crippen LogP contribution in [0.25, 0.3) is 0 Å². The molecule has 1 N–H and O–H groups in total. The molecule has 1 aromatic carbocycles. The number of nitrogens with one attached hydrogen (secondary N) is 1. The third-order valence-corrected chi connectivity index (χ3v) is 6.62. The molecule has 1 saturated heterocycles. The summed E-state index contributed by atoms with van der Waals surface area (Å²) in [5, 5.41) is 4.32. The molecule has 1 fully saturated rings. The van der Waals surface area contributed by atoms with E-state index in [2.05, 4.69) is 14.7 Å². The van der Waals surface area contributed by atoms with E-state index in [1.807, 2.05) is 0 Å². The van der Waals surface area contributed by atoms with Crippen molar-refractivity contribution in [1.82, 2.24) is 14.5 Å². The van der Waals surface area contributed by atoms with Crippen molar-refractivity contribution in [2.45, 2.75) is 30.2 Å². The van der Waals surface area contributed by atoms with Crippen LogP contribution in [0.3, 0.4) is 0 Å². The number of aromatic nitrogens is 2. The minimum absolute atomic E-state index is 0.0410. The summed E-state index contributed by atoms with van der Waals surface area (Å²) >= 11 is 0. The smallest absolute Gasteiger partial charge is 0.266 e. The predicted octanol–water partition coefficient (Wildman–Crippen LogP) is 0.889. The van der Waals surface area contributed by atoms with Gasteiger partial charge in [-0.2, -0.15) is 5.10 Å². The Kier molecular flexibility index (Phi) is 5.46. The molecule has 156 valence electrons. The summed E-state index contributed by atoms with van der Waals surface area (Å²) in [6.07, 6.45) is 2.85. The third-order valence-electron chi connectivity index (χ3n) is 5.20. The summed E-state index contributed by atoms with van der Waals surface area (Å²) in [4.78, 5) is 13.8. The molecule has 2 aromatic rings. The zero-order valence-corrected chi connectivity index (χ0v) is 17.0. The quantitative estimate of drug-likeness (QED) is 0.766. The number of sulfonamides is 1. The maximum Gasteiger partial charge on any atom is 0.266 e. The molecule has 0 aliphatic carbocycles. The van der Waals surface area contributed by atoms with Crippen LogP contribution in [0.5, 0.6) is 11.5 Å². The van der Waals surface area contributed by atoms with E-state index in [0.717, 1.165) is 25.8 Å². The van der Waals surface area contributed by atoms with Crippen molar-refractivity contribution in [2.75, 3.05) is 31.2 Å². The Hall–Kier alpha value is -2.59. The topological polar surface area (TPSA) is 103 Å². The summed E-state index contributed by atoms with van der Waals surface area (Å²) in [6, 6.07) is 7.75. The van der Waals surface area contributed by atoms with E-state index in [4.69, 9.17) is 9.47 Å². The highest BCUT2D eigenvalue weighted by atomic mass is 32.2. The van der Waals surface area contributed by atoms with E-state index in [1.54, 1.807) is 19.2 Å². The number of piperidine rings is 1. The molecule has 0 bridgehead atoms. The van der Waals surface area contributed by atoms with E-state index in [1.165, 1.54) is 22.9 Å². The third kappa shape index (κ3) is 4.23. The Bertz CT molecular complexity index is 1050. The van der Waals surface area contributed by atoms with E-state index < -0.39 is 10.0 Å². The Labute approximate surface area is 169 Å². The molecular formula is C19H24N4O5S. The Morgan fingerprint density at radius 3 is 2.72 bits per heavy atom. The normalized spacial score (nSPS) is 19.2. The maximum atomic E-state index is 12.8.